The van der Waals surface area contributed by atoms with E-state index in [1.807, 2.05) is 24.0 Å². The van der Waals surface area contributed by atoms with Crippen molar-refractivity contribution in [3.63, 3.8) is 0 Å². The van der Waals surface area contributed by atoms with Crippen LogP contribution < -0.4 is 5.73 Å². The van der Waals surface area contributed by atoms with Gasteiger partial charge in [-0.15, -0.1) is 0 Å². The summed E-state index contributed by atoms with van der Waals surface area (Å²) < 4.78 is 0. The molecule has 98 valence electrons. The average Bonchev–Trinajstić information content (AvgIpc) is 2.41. The van der Waals surface area contributed by atoms with Gasteiger partial charge in [0.25, 0.3) is 5.91 Å². The average molecular weight is 267 g/mol. The number of carbonyl (C=O) groups excluding carboxylic acids is 1. The van der Waals surface area contributed by atoms with Gasteiger partial charge in [-0.05, 0) is 49.9 Å². The van der Waals surface area contributed by atoms with Crippen LogP contribution in [-0.4, -0.2) is 30.4 Å². The number of nitrogens with two attached hydrogens (primary N) is 1. The van der Waals surface area contributed by atoms with Crippen LogP contribution >= 0.6 is 11.6 Å². The van der Waals surface area contributed by atoms with E-state index in [0.717, 1.165) is 31.5 Å². The summed E-state index contributed by atoms with van der Waals surface area (Å²) in [7, 11) is 0. The summed E-state index contributed by atoms with van der Waals surface area (Å²) in [4.78, 5) is 14.2. The highest BCUT2D eigenvalue weighted by atomic mass is 35.5. The van der Waals surface area contributed by atoms with Crippen molar-refractivity contribution in [2.24, 2.45) is 11.7 Å². The molecule has 0 bridgehead atoms. The van der Waals surface area contributed by atoms with Crippen LogP contribution in [0.3, 0.4) is 0 Å². The third-order valence-corrected chi connectivity index (χ3v) is 3.97. The van der Waals surface area contributed by atoms with Crippen LogP contribution in [0.25, 0.3) is 0 Å². The molecule has 1 aliphatic rings. The number of piperidine rings is 1. The summed E-state index contributed by atoms with van der Waals surface area (Å²) in [6.45, 7) is 4.17. The molecule has 1 atom stereocenters. The number of rotatable bonds is 2. The lowest BCUT2D eigenvalue weighted by atomic mass is 9.97. The van der Waals surface area contributed by atoms with Crippen LogP contribution in [0.4, 0.5) is 0 Å². The Balaban J connectivity index is 2.12. The van der Waals surface area contributed by atoms with E-state index in [-0.39, 0.29) is 5.91 Å². The first-order chi connectivity index (χ1) is 8.61. The summed E-state index contributed by atoms with van der Waals surface area (Å²) in [5.41, 5.74) is 7.35. The van der Waals surface area contributed by atoms with Gasteiger partial charge in [-0.1, -0.05) is 17.7 Å². The quantitative estimate of drug-likeness (QED) is 0.894. The Labute approximate surface area is 113 Å². The highest BCUT2D eigenvalue weighted by Crippen LogP contribution is 2.21. The zero-order valence-corrected chi connectivity index (χ0v) is 11.4. The summed E-state index contributed by atoms with van der Waals surface area (Å²) in [5.74, 6) is 0.499. The highest BCUT2D eigenvalue weighted by Gasteiger charge is 2.23. The Morgan fingerprint density at radius 3 is 3.00 bits per heavy atom. The van der Waals surface area contributed by atoms with Crippen molar-refractivity contribution in [2.75, 3.05) is 19.6 Å². The van der Waals surface area contributed by atoms with E-state index >= 15 is 0 Å². The van der Waals surface area contributed by atoms with Crippen molar-refractivity contribution in [3.05, 3.63) is 34.3 Å². The minimum absolute atomic E-state index is 0.0649. The molecule has 2 N–H and O–H groups in total. The highest BCUT2D eigenvalue weighted by molar-refractivity contribution is 6.31. The smallest absolute Gasteiger partial charge is 0.253 e. The van der Waals surface area contributed by atoms with Gasteiger partial charge >= 0.3 is 0 Å². The first-order valence-electron chi connectivity index (χ1n) is 6.37. The molecule has 2 rings (SSSR count). The van der Waals surface area contributed by atoms with Crippen LogP contribution in [0.1, 0.15) is 28.8 Å². The Morgan fingerprint density at radius 1 is 1.56 bits per heavy atom. The molecule has 0 saturated carbocycles. The van der Waals surface area contributed by atoms with E-state index in [1.54, 1.807) is 6.07 Å². The number of benzene rings is 1. The van der Waals surface area contributed by atoms with Gasteiger partial charge in [-0.25, -0.2) is 0 Å². The molecule has 1 heterocycles. The predicted molar refractivity (Wildman–Crippen MR) is 73.9 cm³/mol. The molecule has 1 aromatic rings. The maximum absolute atomic E-state index is 12.4. The van der Waals surface area contributed by atoms with Gasteiger partial charge in [0.05, 0.1) is 0 Å². The lowest BCUT2D eigenvalue weighted by Gasteiger charge is -2.32. The van der Waals surface area contributed by atoms with Crippen molar-refractivity contribution in [3.8, 4) is 0 Å². The Hall–Kier alpha value is -1.06. The number of hydrogen-bond donors (Lipinski definition) is 1. The normalized spacial score (nSPS) is 19.9. The standard InChI is InChI=1S/C14H19ClN2O/c1-10-4-5-12(7-13(10)15)14(18)17-6-2-3-11(8-16)9-17/h4-5,7,11H,2-3,6,8-9,16H2,1H3. The fraction of sp³-hybridized carbons (Fsp3) is 0.500. The zero-order chi connectivity index (χ0) is 13.1. The molecule has 1 fully saturated rings. The Morgan fingerprint density at radius 2 is 2.33 bits per heavy atom. The zero-order valence-electron chi connectivity index (χ0n) is 10.7. The number of hydrogen-bond acceptors (Lipinski definition) is 2. The summed E-state index contributed by atoms with van der Waals surface area (Å²) >= 11 is 6.06. The van der Waals surface area contributed by atoms with Gasteiger partial charge in [-0.3, -0.25) is 4.79 Å². The molecule has 0 spiro atoms. The minimum atomic E-state index is 0.0649. The van der Waals surface area contributed by atoms with Crippen LogP contribution in [0.2, 0.25) is 5.02 Å². The molecule has 1 amide bonds. The van der Waals surface area contributed by atoms with Crippen LogP contribution in [-0.2, 0) is 0 Å². The monoisotopic (exact) mass is 266 g/mol. The number of carbonyl (C=O) groups is 1. The molecule has 1 aromatic carbocycles. The summed E-state index contributed by atoms with van der Waals surface area (Å²) in [6.07, 6.45) is 2.15. The van der Waals surface area contributed by atoms with Gasteiger partial charge in [0.15, 0.2) is 0 Å². The van der Waals surface area contributed by atoms with Crippen molar-refractivity contribution < 1.29 is 4.79 Å². The molecule has 0 radical (unpaired) electrons. The minimum Gasteiger partial charge on any atom is -0.338 e. The third kappa shape index (κ3) is 2.85. The molecule has 1 saturated heterocycles. The number of aryl methyl sites for hydroxylation is 1. The Kier molecular flexibility index (Phi) is 4.25. The first kappa shape index (κ1) is 13.4. The fourth-order valence-corrected chi connectivity index (χ4v) is 2.53. The van der Waals surface area contributed by atoms with Gasteiger partial charge in [0, 0.05) is 23.7 Å². The molecule has 3 nitrogen and oxygen atoms in total. The van der Waals surface area contributed by atoms with Crippen molar-refractivity contribution in [1.82, 2.24) is 4.90 Å². The number of likely N-dealkylation sites (tertiary alicyclic amines) is 1. The lowest BCUT2D eigenvalue weighted by Crippen LogP contribution is -2.42. The van der Waals surface area contributed by atoms with Crippen molar-refractivity contribution in [1.29, 1.82) is 0 Å². The third-order valence-electron chi connectivity index (χ3n) is 3.56. The maximum atomic E-state index is 12.4. The number of amides is 1. The molecule has 4 heteroatoms. The fourth-order valence-electron chi connectivity index (χ4n) is 2.35. The topological polar surface area (TPSA) is 46.3 Å². The van der Waals surface area contributed by atoms with Gasteiger partial charge < -0.3 is 10.6 Å². The van der Waals surface area contributed by atoms with Crippen molar-refractivity contribution in [2.45, 2.75) is 19.8 Å². The van der Waals surface area contributed by atoms with Crippen LogP contribution in [0.15, 0.2) is 18.2 Å². The van der Waals surface area contributed by atoms with Crippen LogP contribution in [0, 0.1) is 12.8 Å². The van der Waals surface area contributed by atoms with Gasteiger partial charge in [0.1, 0.15) is 0 Å². The second kappa shape index (κ2) is 5.72. The van der Waals surface area contributed by atoms with E-state index in [2.05, 4.69) is 0 Å². The van der Waals surface area contributed by atoms with Gasteiger partial charge in [0.2, 0.25) is 0 Å². The molecular weight excluding hydrogens is 248 g/mol. The first-order valence-corrected chi connectivity index (χ1v) is 6.75. The van der Waals surface area contributed by atoms with E-state index in [1.165, 1.54) is 0 Å². The van der Waals surface area contributed by atoms with E-state index in [9.17, 15) is 4.79 Å². The van der Waals surface area contributed by atoms with E-state index < -0.39 is 0 Å². The van der Waals surface area contributed by atoms with E-state index in [0.29, 0.717) is 23.0 Å². The molecule has 1 unspecified atom stereocenters. The molecule has 18 heavy (non-hydrogen) atoms. The SMILES string of the molecule is Cc1ccc(C(=O)N2CCCC(CN)C2)cc1Cl. The summed E-state index contributed by atoms with van der Waals surface area (Å²) in [6, 6.07) is 5.49. The maximum Gasteiger partial charge on any atom is 0.253 e. The molecule has 0 aliphatic carbocycles. The van der Waals surface area contributed by atoms with Gasteiger partial charge in [-0.2, -0.15) is 0 Å². The van der Waals surface area contributed by atoms with E-state index in [4.69, 9.17) is 17.3 Å². The molecule has 1 aliphatic heterocycles. The lowest BCUT2D eigenvalue weighted by molar-refractivity contribution is 0.0678. The number of halogens is 1. The molecular formula is C14H19ClN2O. The second-order valence-corrected chi connectivity index (χ2v) is 5.37. The second-order valence-electron chi connectivity index (χ2n) is 4.96. The molecule has 0 aromatic heterocycles. The predicted octanol–water partition coefficient (Wildman–Crippen LogP) is 2.46. The largest absolute Gasteiger partial charge is 0.338 e. The Bertz CT molecular complexity index is 447. The number of nitrogens with zero attached hydrogens (tertiary/aromatic N) is 1. The van der Waals surface area contributed by atoms with Crippen molar-refractivity contribution >= 4 is 17.5 Å². The summed E-state index contributed by atoms with van der Waals surface area (Å²) in [5, 5.41) is 0.647. The van der Waals surface area contributed by atoms with Crippen LogP contribution in [0.5, 0.6) is 0 Å².